The fraction of sp³-hybridized carbons (Fsp3) is 0.333. The summed E-state index contributed by atoms with van der Waals surface area (Å²) >= 11 is 0. The van der Waals surface area contributed by atoms with Gasteiger partial charge in [-0.15, -0.1) is 0 Å². The molecule has 0 fully saturated rings. The van der Waals surface area contributed by atoms with E-state index in [-0.39, 0.29) is 38.4 Å². The summed E-state index contributed by atoms with van der Waals surface area (Å²) in [6.45, 7) is 4.23. The van der Waals surface area contributed by atoms with Gasteiger partial charge in [-0.05, 0) is 6.92 Å². The van der Waals surface area contributed by atoms with E-state index in [2.05, 4.69) is 16.9 Å². The largest absolute Gasteiger partial charge is 0.417 e. The number of hydrogen-bond acceptors (Lipinski definition) is 4. The van der Waals surface area contributed by atoms with Gasteiger partial charge in [0.05, 0.1) is 0 Å². The number of hydrogen-bond donors (Lipinski definition) is 0. The van der Waals surface area contributed by atoms with Crippen LogP contribution in [-0.4, -0.2) is 24.4 Å². The molecule has 5 heteroatoms. The minimum absolute atomic E-state index is 0. The molecule has 0 aromatic rings. The second kappa shape index (κ2) is 6.49. The van der Waals surface area contributed by atoms with Crippen molar-refractivity contribution in [2.75, 3.05) is 7.11 Å². The van der Waals surface area contributed by atoms with Gasteiger partial charge in [-0.25, -0.2) is 0 Å². The normalized spacial score (nSPS) is 9.82. The van der Waals surface area contributed by atoms with E-state index in [0.717, 1.165) is 0 Å². The summed E-state index contributed by atoms with van der Waals surface area (Å²) in [6.07, 6.45) is 0. The molecule has 0 saturated heterocycles. The Hall–Kier alpha value is -0.216. The summed E-state index contributed by atoms with van der Waals surface area (Å²) in [7, 11) is 1.26. The molecule has 0 spiro atoms. The Balaban J connectivity index is 0. The van der Waals surface area contributed by atoms with Crippen molar-refractivity contribution in [2.24, 2.45) is 5.16 Å². The van der Waals surface area contributed by atoms with Gasteiger partial charge in [-0.3, -0.25) is 0 Å². The summed E-state index contributed by atoms with van der Waals surface area (Å²) in [4.78, 5) is 25.2. The predicted molar refractivity (Wildman–Crippen MR) is 35.5 cm³/mol. The van der Waals surface area contributed by atoms with Crippen LogP contribution >= 0.6 is 0 Å². The van der Waals surface area contributed by atoms with E-state index in [1.165, 1.54) is 14.0 Å². The van der Waals surface area contributed by atoms with E-state index < -0.39 is 11.6 Å². The molecule has 0 amide bonds. The topological polar surface area (TPSA) is 55.7 Å². The molecule has 0 rings (SSSR count). The summed E-state index contributed by atoms with van der Waals surface area (Å²) in [5, 5.41) is 3.18. The number of Topliss-reactive ketones (excluding diaryl/α,β-unsaturated/α-hetero) is 2. The zero-order valence-corrected chi connectivity index (χ0v) is 9.29. The zero-order valence-electron chi connectivity index (χ0n) is 6.46. The summed E-state index contributed by atoms with van der Waals surface area (Å²) < 4.78 is 0. The Labute approximate surface area is 90.2 Å². The second-order valence-electron chi connectivity index (χ2n) is 1.60. The SMILES string of the molecule is [CH2-]C(=O)/C(=N/OC)C(C)=O.[Y]. The van der Waals surface area contributed by atoms with Crippen LogP contribution < -0.4 is 0 Å². The molecule has 1 radical (unpaired) electrons. The molecule has 4 nitrogen and oxygen atoms in total. The Morgan fingerprint density at radius 3 is 2.00 bits per heavy atom. The summed E-state index contributed by atoms with van der Waals surface area (Å²) in [5.41, 5.74) is -0.262. The first kappa shape index (κ1) is 13.4. The zero-order chi connectivity index (χ0) is 8.15. The van der Waals surface area contributed by atoms with E-state index in [1.54, 1.807) is 0 Å². The van der Waals surface area contributed by atoms with Crippen LogP contribution in [0.25, 0.3) is 0 Å². The monoisotopic (exact) mass is 231 g/mol. The molecular weight excluding hydrogens is 223 g/mol. The molecule has 0 heterocycles. The number of nitrogens with zero attached hydrogens (tertiary/aromatic N) is 1. The Morgan fingerprint density at radius 2 is 1.91 bits per heavy atom. The third-order valence-electron chi connectivity index (χ3n) is 0.780. The van der Waals surface area contributed by atoms with Gasteiger partial charge >= 0.3 is 0 Å². The smallest absolute Gasteiger partial charge is 0.104 e. The first-order chi connectivity index (χ1) is 4.59. The number of oxime groups is 1. The van der Waals surface area contributed by atoms with Gasteiger partial charge < -0.3 is 14.4 Å². The molecule has 0 aliphatic carbocycles. The Bertz CT molecular complexity index is 172. The van der Waals surface area contributed by atoms with Crippen molar-refractivity contribution in [1.82, 2.24) is 0 Å². The van der Waals surface area contributed by atoms with Crippen LogP contribution in [0.2, 0.25) is 0 Å². The van der Waals surface area contributed by atoms with Gasteiger partial charge in [0.1, 0.15) is 12.9 Å². The van der Waals surface area contributed by atoms with Gasteiger partial charge in [0.15, 0.2) is 0 Å². The molecule has 59 valence electrons. The molecule has 0 atom stereocenters. The second-order valence-corrected chi connectivity index (χ2v) is 1.60. The van der Waals surface area contributed by atoms with Gasteiger partial charge in [0, 0.05) is 44.2 Å². The first-order valence-corrected chi connectivity index (χ1v) is 2.58. The quantitative estimate of drug-likeness (QED) is 0.297. The van der Waals surface area contributed by atoms with E-state index in [1.807, 2.05) is 0 Å². The fourth-order valence-electron chi connectivity index (χ4n) is 0.403. The summed E-state index contributed by atoms with van der Waals surface area (Å²) in [5.74, 6) is -1.07. The molecule has 0 bridgehead atoms. The van der Waals surface area contributed by atoms with E-state index in [4.69, 9.17) is 0 Å². The molecule has 0 unspecified atom stereocenters. The van der Waals surface area contributed by atoms with Crippen LogP contribution in [0.3, 0.4) is 0 Å². The molecule has 0 aliphatic heterocycles. The van der Waals surface area contributed by atoms with Crippen LogP contribution in [0.15, 0.2) is 5.16 Å². The molecule has 11 heavy (non-hydrogen) atoms. The van der Waals surface area contributed by atoms with Gasteiger partial charge in [-0.1, -0.05) is 0 Å². The van der Waals surface area contributed by atoms with Gasteiger partial charge in [0.25, 0.3) is 0 Å². The van der Waals surface area contributed by atoms with Crippen molar-refractivity contribution in [3.8, 4) is 0 Å². The van der Waals surface area contributed by atoms with Crippen LogP contribution in [0.4, 0.5) is 0 Å². The molecular formula is C6H8NO3Y-. The minimum atomic E-state index is -0.630. The molecule has 0 saturated carbocycles. The number of carbonyl (C=O) groups is 2. The summed E-state index contributed by atoms with van der Waals surface area (Å²) in [6, 6.07) is 0. The van der Waals surface area contributed by atoms with Crippen LogP contribution in [0.5, 0.6) is 0 Å². The third kappa shape index (κ3) is 5.10. The van der Waals surface area contributed by atoms with Crippen LogP contribution in [0, 0.1) is 6.92 Å². The molecule has 0 aliphatic rings. The van der Waals surface area contributed by atoms with Crippen molar-refractivity contribution in [2.45, 2.75) is 6.92 Å². The fourth-order valence-corrected chi connectivity index (χ4v) is 0.403. The van der Waals surface area contributed by atoms with Crippen molar-refractivity contribution in [3.63, 3.8) is 0 Å². The van der Waals surface area contributed by atoms with Crippen molar-refractivity contribution in [3.05, 3.63) is 6.92 Å². The maximum absolute atomic E-state index is 10.5. The number of rotatable bonds is 3. The van der Waals surface area contributed by atoms with E-state index in [0.29, 0.717) is 0 Å². The molecule has 0 aromatic carbocycles. The van der Waals surface area contributed by atoms with Crippen molar-refractivity contribution < 1.29 is 47.1 Å². The van der Waals surface area contributed by atoms with E-state index >= 15 is 0 Å². The Kier molecular flexibility index (Phi) is 7.90. The first-order valence-electron chi connectivity index (χ1n) is 2.58. The maximum Gasteiger partial charge on any atom is 0.104 e. The van der Waals surface area contributed by atoms with Crippen molar-refractivity contribution in [1.29, 1.82) is 0 Å². The average molecular weight is 231 g/mol. The Morgan fingerprint density at radius 1 is 1.45 bits per heavy atom. The van der Waals surface area contributed by atoms with Gasteiger partial charge in [0.2, 0.25) is 0 Å². The van der Waals surface area contributed by atoms with E-state index in [9.17, 15) is 9.59 Å². The van der Waals surface area contributed by atoms with Crippen molar-refractivity contribution >= 4 is 17.3 Å². The van der Waals surface area contributed by atoms with Crippen LogP contribution in [-0.2, 0) is 47.1 Å². The van der Waals surface area contributed by atoms with Gasteiger partial charge in [-0.2, -0.15) is 12.1 Å². The maximum atomic E-state index is 10.5. The number of ketones is 2. The van der Waals surface area contributed by atoms with Crippen LogP contribution in [0.1, 0.15) is 6.92 Å². The third-order valence-corrected chi connectivity index (χ3v) is 0.780. The molecule has 0 N–H and O–H groups in total. The number of carbonyl (C=O) groups excluding carboxylic acids is 2. The average Bonchev–Trinajstić information content (AvgIpc) is 1.81. The minimum Gasteiger partial charge on any atom is -0.417 e. The predicted octanol–water partition coefficient (Wildman–Crippen LogP) is -0.0215. The molecule has 0 aromatic heterocycles. The standard InChI is InChI=1S/C6H8NO3.Y/c1-4(8)6(5(2)9)7-10-3;/h1H2,2-3H3;/q-1;/b7-6-;.